The van der Waals surface area contributed by atoms with Crippen molar-refractivity contribution in [2.45, 2.75) is 24.6 Å². The number of benzene rings is 3. The Kier molecular flexibility index (Phi) is 7.42. The van der Waals surface area contributed by atoms with Gasteiger partial charge in [-0.2, -0.15) is 0 Å². The second-order valence-corrected chi connectivity index (χ2v) is 8.10. The number of hydrogen-bond acceptors (Lipinski definition) is 6. The number of amides is 2. The van der Waals surface area contributed by atoms with Gasteiger partial charge in [-0.05, 0) is 27.8 Å². The fraction of sp³-hybridized carbons (Fsp3) is 0.222. The Morgan fingerprint density at radius 2 is 1.43 bits per heavy atom. The summed E-state index contributed by atoms with van der Waals surface area (Å²) in [5, 5.41) is 14.8. The first-order valence-electron chi connectivity index (χ1n) is 11.2. The van der Waals surface area contributed by atoms with E-state index in [-0.39, 0.29) is 6.61 Å². The fourth-order valence-corrected chi connectivity index (χ4v) is 4.31. The molecular weight excluding hydrogens is 448 g/mol. The Labute approximate surface area is 202 Å². The average Bonchev–Trinajstić information content (AvgIpc) is 3.23. The minimum atomic E-state index is -1.32. The summed E-state index contributed by atoms with van der Waals surface area (Å²) >= 11 is 0. The number of methoxy groups -OCH3 is 1. The molecule has 0 heterocycles. The van der Waals surface area contributed by atoms with Crippen LogP contribution in [0.25, 0.3) is 11.1 Å². The molecule has 2 amide bonds. The number of nitrogens with one attached hydrogen (secondary N) is 2. The molecular formula is C27H26N2O6. The van der Waals surface area contributed by atoms with Crippen molar-refractivity contribution < 1.29 is 29.0 Å². The number of ether oxygens (including phenoxy) is 2. The summed E-state index contributed by atoms with van der Waals surface area (Å²) in [4.78, 5) is 38.1. The summed E-state index contributed by atoms with van der Waals surface area (Å²) in [7, 11) is 1.25. The van der Waals surface area contributed by atoms with Crippen LogP contribution in [0.3, 0.4) is 0 Å². The standard InChI is InChI=1S/C27H26N2O6/c1-34-26(32)24(23-20-13-7-5-11-18(20)19-12-6-8-14-21(19)23)29-25(31)22(15-30)28-27(33)35-16-17-9-3-2-4-10-17/h2-14,22-24,30H,15-16H2,1H3,(H,28,33)(H,29,31)/t22-,24+/m0/s1. The molecule has 0 bridgehead atoms. The maximum absolute atomic E-state index is 13.0. The summed E-state index contributed by atoms with van der Waals surface area (Å²) < 4.78 is 10.2. The molecule has 180 valence electrons. The highest BCUT2D eigenvalue weighted by atomic mass is 16.5. The van der Waals surface area contributed by atoms with Crippen LogP contribution in [0.1, 0.15) is 22.6 Å². The molecule has 35 heavy (non-hydrogen) atoms. The predicted molar refractivity (Wildman–Crippen MR) is 128 cm³/mol. The molecule has 0 saturated carbocycles. The van der Waals surface area contributed by atoms with E-state index in [1.165, 1.54) is 7.11 Å². The molecule has 3 N–H and O–H groups in total. The Balaban J connectivity index is 1.51. The van der Waals surface area contributed by atoms with E-state index >= 15 is 0 Å². The number of hydrogen-bond donors (Lipinski definition) is 3. The van der Waals surface area contributed by atoms with Gasteiger partial charge in [0, 0.05) is 5.92 Å². The molecule has 0 aliphatic heterocycles. The van der Waals surface area contributed by atoms with Crippen molar-refractivity contribution in [1.82, 2.24) is 10.6 Å². The van der Waals surface area contributed by atoms with E-state index in [0.717, 1.165) is 27.8 Å². The van der Waals surface area contributed by atoms with Crippen LogP contribution in [0.15, 0.2) is 78.9 Å². The maximum atomic E-state index is 13.0. The molecule has 1 aliphatic carbocycles. The van der Waals surface area contributed by atoms with Crippen LogP contribution in [0.5, 0.6) is 0 Å². The second kappa shape index (κ2) is 10.8. The number of fused-ring (bicyclic) bond motifs is 3. The van der Waals surface area contributed by atoms with Crippen molar-refractivity contribution in [3.63, 3.8) is 0 Å². The van der Waals surface area contributed by atoms with Crippen molar-refractivity contribution in [2.24, 2.45) is 0 Å². The molecule has 3 aromatic rings. The number of carbonyl (C=O) groups is 3. The highest BCUT2D eigenvalue weighted by Gasteiger charge is 2.40. The first-order chi connectivity index (χ1) is 17.0. The van der Waals surface area contributed by atoms with Gasteiger partial charge in [0.2, 0.25) is 5.91 Å². The quantitative estimate of drug-likeness (QED) is 0.433. The largest absolute Gasteiger partial charge is 0.467 e. The topological polar surface area (TPSA) is 114 Å². The highest BCUT2D eigenvalue weighted by Crippen LogP contribution is 2.46. The van der Waals surface area contributed by atoms with Gasteiger partial charge in [0.05, 0.1) is 13.7 Å². The van der Waals surface area contributed by atoms with Gasteiger partial charge in [0.25, 0.3) is 0 Å². The summed E-state index contributed by atoms with van der Waals surface area (Å²) in [6, 6.07) is 22.0. The summed E-state index contributed by atoms with van der Waals surface area (Å²) in [5.41, 5.74) is 4.47. The molecule has 4 rings (SSSR count). The monoisotopic (exact) mass is 474 g/mol. The first-order valence-corrected chi connectivity index (χ1v) is 11.2. The Hall–Kier alpha value is -4.17. The van der Waals surface area contributed by atoms with Gasteiger partial charge in [-0.25, -0.2) is 9.59 Å². The third kappa shape index (κ3) is 5.17. The van der Waals surface area contributed by atoms with Crippen molar-refractivity contribution in [3.8, 4) is 11.1 Å². The van der Waals surface area contributed by atoms with Crippen LogP contribution >= 0.6 is 0 Å². The Morgan fingerprint density at radius 3 is 2.00 bits per heavy atom. The third-order valence-corrected chi connectivity index (χ3v) is 5.97. The van der Waals surface area contributed by atoms with Crippen LogP contribution in [0.2, 0.25) is 0 Å². The number of rotatable bonds is 8. The van der Waals surface area contributed by atoms with E-state index < -0.39 is 42.6 Å². The summed E-state index contributed by atoms with van der Waals surface area (Å²) in [6.07, 6.45) is -0.866. The molecule has 0 fully saturated rings. The predicted octanol–water partition coefficient (Wildman–Crippen LogP) is 2.74. The lowest BCUT2D eigenvalue weighted by atomic mass is 9.89. The van der Waals surface area contributed by atoms with Gasteiger partial charge in [0.15, 0.2) is 0 Å². The van der Waals surface area contributed by atoms with Crippen LogP contribution in [0.4, 0.5) is 4.79 Å². The van der Waals surface area contributed by atoms with Crippen LogP contribution in [0, 0.1) is 0 Å². The van der Waals surface area contributed by atoms with Gasteiger partial charge >= 0.3 is 12.1 Å². The zero-order valence-electron chi connectivity index (χ0n) is 19.1. The second-order valence-electron chi connectivity index (χ2n) is 8.10. The molecule has 1 aliphatic rings. The summed E-state index contributed by atoms with van der Waals surface area (Å²) in [6.45, 7) is -0.676. The minimum absolute atomic E-state index is 0.00681. The van der Waals surface area contributed by atoms with Crippen molar-refractivity contribution in [1.29, 1.82) is 0 Å². The number of aliphatic hydroxyl groups is 1. The van der Waals surface area contributed by atoms with Crippen molar-refractivity contribution in [2.75, 3.05) is 13.7 Å². The van der Waals surface area contributed by atoms with E-state index in [9.17, 15) is 19.5 Å². The van der Waals surface area contributed by atoms with Crippen molar-refractivity contribution in [3.05, 3.63) is 95.6 Å². The zero-order valence-corrected chi connectivity index (χ0v) is 19.1. The van der Waals surface area contributed by atoms with Gasteiger partial charge in [-0.3, -0.25) is 4.79 Å². The average molecular weight is 475 g/mol. The van der Waals surface area contributed by atoms with Gasteiger partial charge in [-0.1, -0.05) is 78.9 Å². The van der Waals surface area contributed by atoms with E-state index in [1.54, 1.807) is 12.1 Å². The van der Waals surface area contributed by atoms with Gasteiger partial charge in [0.1, 0.15) is 18.7 Å². The Morgan fingerprint density at radius 1 is 0.857 bits per heavy atom. The van der Waals surface area contributed by atoms with E-state index in [1.807, 2.05) is 66.7 Å². The van der Waals surface area contributed by atoms with Crippen LogP contribution < -0.4 is 10.6 Å². The van der Waals surface area contributed by atoms with Gasteiger partial charge < -0.3 is 25.2 Å². The lowest BCUT2D eigenvalue weighted by Gasteiger charge is -2.26. The normalized spacial score (nSPS) is 13.7. The zero-order chi connectivity index (χ0) is 24.8. The molecule has 2 atom stereocenters. The first kappa shape index (κ1) is 24.0. The molecule has 8 heteroatoms. The lowest BCUT2D eigenvalue weighted by molar-refractivity contribution is -0.145. The number of aliphatic hydroxyl groups excluding tert-OH is 1. The third-order valence-electron chi connectivity index (χ3n) is 5.97. The molecule has 0 unspecified atom stereocenters. The molecule has 8 nitrogen and oxygen atoms in total. The van der Waals surface area contributed by atoms with E-state index in [0.29, 0.717) is 0 Å². The molecule has 0 spiro atoms. The van der Waals surface area contributed by atoms with Crippen molar-refractivity contribution >= 4 is 18.0 Å². The molecule has 0 aromatic heterocycles. The smallest absolute Gasteiger partial charge is 0.408 e. The van der Waals surface area contributed by atoms with E-state index in [4.69, 9.17) is 9.47 Å². The molecule has 0 radical (unpaired) electrons. The number of carbonyl (C=O) groups excluding carboxylic acids is 3. The van der Waals surface area contributed by atoms with E-state index in [2.05, 4.69) is 10.6 Å². The Bertz CT molecular complexity index is 1170. The number of alkyl carbamates (subject to hydrolysis) is 1. The van der Waals surface area contributed by atoms with Crippen LogP contribution in [-0.4, -0.2) is 48.9 Å². The SMILES string of the molecule is COC(=O)[C@H](NC(=O)[C@H](CO)NC(=O)OCc1ccccc1)C1c2ccccc2-c2ccccc21. The lowest BCUT2D eigenvalue weighted by Crippen LogP contribution is -2.54. The maximum Gasteiger partial charge on any atom is 0.408 e. The molecule has 3 aromatic carbocycles. The molecule has 0 saturated heterocycles. The van der Waals surface area contributed by atoms with Gasteiger partial charge in [-0.15, -0.1) is 0 Å². The van der Waals surface area contributed by atoms with Crippen LogP contribution in [-0.2, 0) is 25.7 Å². The fourth-order valence-electron chi connectivity index (χ4n) is 4.31. The number of esters is 1. The highest BCUT2D eigenvalue weighted by molar-refractivity contribution is 5.92. The summed E-state index contributed by atoms with van der Waals surface area (Å²) in [5.74, 6) is -1.87. The minimum Gasteiger partial charge on any atom is -0.467 e.